The summed E-state index contributed by atoms with van der Waals surface area (Å²) in [6.07, 6.45) is 3.45. The molecule has 0 amide bonds. The molecule has 0 heterocycles. The van der Waals surface area contributed by atoms with Crippen molar-refractivity contribution < 1.29 is 9.47 Å². The molecule has 3 heteroatoms. The number of hydrogen-bond donors (Lipinski definition) is 1. The number of nitrogens with one attached hydrogen (secondary N) is 1. The summed E-state index contributed by atoms with van der Waals surface area (Å²) in [7, 11) is 1.73. The Morgan fingerprint density at radius 1 is 1.00 bits per heavy atom. The maximum absolute atomic E-state index is 5.39. The SMILES string of the molecule is CCCCOCCNCCCOC. The highest BCUT2D eigenvalue weighted by Crippen LogP contribution is 1.86. The largest absolute Gasteiger partial charge is 0.385 e. The summed E-state index contributed by atoms with van der Waals surface area (Å²) in [5.74, 6) is 0. The maximum Gasteiger partial charge on any atom is 0.0590 e. The average molecular weight is 189 g/mol. The third kappa shape index (κ3) is 11.9. The fraction of sp³-hybridized carbons (Fsp3) is 1.00. The molecule has 0 spiro atoms. The van der Waals surface area contributed by atoms with E-state index in [4.69, 9.17) is 9.47 Å². The zero-order valence-electron chi connectivity index (χ0n) is 8.97. The smallest absolute Gasteiger partial charge is 0.0590 e. The van der Waals surface area contributed by atoms with E-state index in [0.717, 1.165) is 39.3 Å². The van der Waals surface area contributed by atoms with Gasteiger partial charge in [-0.3, -0.25) is 0 Å². The monoisotopic (exact) mass is 189 g/mol. The quantitative estimate of drug-likeness (QED) is 0.527. The molecule has 3 nitrogen and oxygen atoms in total. The van der Waals surface area contributed by atoms with Crippen molar-refractivity contribution in [1.82, 2.24) is 5.32 Å². The Hall–Kier alpha value is -0.120. The van der Waals surface area contributed by atoms with E-state index in [2.05, 4.69) is 12.2 Å². The molecular formula is C10H23NO2. The topological polar surface area (TPSA) is 30.5 Å². The molecule has 0 radical (unpaired) electrons. The van der Waals surface area contributed by atoms with E-state index in [1.807, 2.05) is 0 Å². The van der Waals surface area contributed by atoms with E-state index in [1.165, 1.54) is 12.8 Å². The zero-order chi connectivity index (χ0) is 9.78. The van der Waals surface area contributed by atoms with Crippen LogP contribution >= 0.6 is 0 Å². The van der Waals surface area contributed by atoms with E-state index in [9.17, 15) is 0 Å². The van der Waals surface area contributed by atoms with Gasteiger partial charge in [-0.15, -0.1) is 0 Å². The van der Waals surface area contributed by atoms with Crippen LogP contribution in [0, 0.1) is 0 Å². The summed E-state index contributed by atoms with van der Waals surface area (Å²) in [6, 6.07) is 0. The lowest BCUT2D eigenvalue weighted by Crippen LogP contribution is -2.21. The maximum atomic E-state index is 5.39. The van der Waals surface area contributed by atoms with Crippen molar-refractivity contribution in [2.45, 2.75) is 26.2 Å². The predicted octanol–water partition coefficient (Wildman–Crippen LogP) is 1.43. The average Bonchev–Trinajstić information content (AvgIpc) is 2.16. The molecule has 0 aromatic carbocycles. The van der Waals surface area contributed by atoms with Gasteiger partial charge in [0.05, 0.1) is 6.61 Å². The Labute approximate surface area is 81.8 Å². The summed E-state index contributed by atoms with van der Waals surface area (Å²) in [4.78, 5) is 0. The second-order valence-electron chi connectivity index (χ2n) is 3.06. The van der Waals surface area contributed by atoms with Gasteiger partial charge in [-0.2, -0.15) is 0 Å². The lowest BCUT2D eigenvalue weighted by Gasteiger charge is -2.05. The molecule has 0 saturated heterocycles. The van der Waals surface area contributed by atoms with Gasteiger partial charge < -0.3 is 14.8 Å². The van der Waals surface area contributed by atoms with Crippen LogP contribution in [0.3, 0.4) is 0 Å². The van der Waals surface area contributed by atoms with Gasteiger partial charge in [0.15, 0.2) is 0 Å². The lowest BCUT2D eigenvalue weighted by atomic mass is 10.4. The van der Waals surface area contributed by atoms with Crippen LogP contribution in [0.2, 0.25) is 0 Å². The highest BCUT2D eigenvalue weighted by Gasteiger charge is 1.88. The summed E-state index contributed by atoms with van der Waals surface area (Å²) < 4.78 is 10.3. The summed E-state index contributed by atoms with van der Waals surface area (Å²) in [6.45, 7) is 6.71. The van der Waals surface area contributed by atoms with E-state index in [1.54, 1.807) is 7.11 Å². The van der Waals surface area contributed by atoms with Gasteiger partial charge in [-0.25, -0.2) is 0 Å². The fourth-order valence-corrected chi connectivity index (χ4v) is 0.959. The Balaban J connectivity index is 2.76. The molecule has 0 aliphatic heterocycles. The minimum atomic E-state index is 0.826. The van der Waals surface area contributed by atoms with Gasteiger partial charge in [0.2, 0.25) is 0 Å². The highest BCUT2D eigenvalue weighted by atomic mass is 16.5. The van der Waals surface area contributed by atoms with Crippen molar-refractivity contribution in [2.75, 3.05) is 40.0 Å². The molecule has 1 N–H and O–H groups in total. The van der Waals surface area contributed by atoms with Crippen LogP contribution in [-0.2, 0) is 9.47 Å². The van der Waals surface area contributed by atoms with Gasteiger partial charge in [0, 0.05) is 26.9 Å². The van der Waals surface area contributed by atoms with E-state index >= 15 is 0 Å². The molecule has 0 aromatic rings. The molecule has 0 fully saturated rings. The third-order valence-electron chi connectivity index (χ3n) is 1.77. The molecule has 0 unspecified atom stereocenters. The van der Waals surface area contributed by atoms with Crippen molar-refractivity contribution in [3.8, 4) is 0 Å². The van der Waals surface area contributed by atoms with E-state index in [-0.39, 0.29) is 0 Å². The van der Waals surface area contributed by atoms with Crippen LogP contribution < -0.4 is 5.32 Å². The molecule has 0 saturated carbocycles. The van der Waals surface area contributed by atoms with Gasteiger partial charge in [0.25, 0.3) is 0 Å². The summed E-state index contributed by atoms with van der Waals surface area (Å²) in [5, 5.41) is 3.29. The first-order valence-electron chi connectivity index (χ1n) is 5.19. The first kappa shape index (κ1) is 12.9. The first-order valence-corrected chi connectivity index (χ1v) is 5.19. The molecule has 13 heavy (non-hydrogen) atoms. The van der Waals surface area contributed by atoms with Crippen molar-refractivity contribution in [3.63, 3.8) is 0 Å². The second-order valence-corrected chi connectivity index (χ2v) is 3.06. The normalized spacial score (nSPS) is 10.6. The van der Waals surface area contributed by atoms with Crippen LogP contribution in [0.15, 0.2) is 0 Å². The lowest BCUT2D eigenvalue weighted by molar-refractivity contribution is 0.132. The van der Waals surface area contributed by atoms with Crippen molar-refractivity contribution >= 4 is 0 Å². The van der Waals surface area contributed by atoms with E-state index < -0.39 is 0 Å². The minimum Gasteiger partial charge on any atom is -0.385 e. The van der Waals surface area contributed by atoms with Crippen LogP contribution in [0.1, 0.15) is 26.2 Å². The van der Waals surface area contributed by atoms with Gasteiger partial charge in [-0.05, 0) is 19.4 Å². The Kier molecular flexibility index (Phi) is 11.8. The first-order chi connectivity index (χ1) is 6.41. The third-order valence-corrected chi connectivity index (χ3v) is 1.77. The predicted molar refractivity (Wildman–Crippen MR) is 55.1 cm³/mol. The number of unbranched alkanes of at least 4 members (excludes halogenated alkanes) is 1. The van der Waals surface area contributed by atoms with Crippen LogP contribution in [0.4, 0.5) is 0 Å². The number of methoxy groups -OCH3 is 1. The molecule has 0 aromatic heterocycles. The molecule has 0 aliphatic rings. The molecule has 0 atom stereocenters. The van der Waals surface area contributed by atoms with Crippen LogP contribution in [0.25, 0.3) is 0 Å². The standard InChI is InChI=1S/C10H23NO2/c1-3-4-9-13-10-7-11-6-5-8-12-2/h11H,3-10H2,1-2H3. The fourth-order valence-electron chi connectivity index (χ4n) is 0.959. The summed E-state index contributed by atoms with van der Waals surface area (Å²) in [5.41, 5.74) is 0. The van der Waals surface area contributed by atoms with Crippen LogP contribution in [0.5, 0.6) is 0 Å². The second kappa shape index (κ2) is 11.9. The van der Waals surface area contributed by atoms with Crippen molar-refractivity contribution in [2.24, 2.45) is 0 Å². The summed E-state index contributed by atoms with van der Waals surface area (Å²) >= 11 is 0. The Morgan fingerprint density at radius 2 is 1.85 bits per heavy atom. The molecule has 0 aliphatic carbocycles. The van der Waals surface area contributed by atoms with Gasteiger partial charge >= 0.3 is 0 Å². The van der Waals surface area contributed by atoms with Crippen molar-refractivity contribution in [3.05, 3.63) is 0 Å². The Bertz CT molecular complexity index is 79.0. The molecule has 80 valence electrons. The number of hydrogen-bond acceptors (Lipinski definition) is 3. The molecule has 0 bridgehead atoms. The van der Waals surface area contributed by atoms with Crippen molar-refractivity contribution in [1.29, 1.82) is 0 Å². The van der Waals surface area contributed by atoms with Crippen LogP contribution in [-0.4, -0.2) is 40.0 Å². The Morgan fingerprint density at radius 3 is 2.54 bits per heavy atom. The van der Waals surface area contributed by atoms with Gasteiger partial charge in [-0.1, -0.05) is 13.3 Å². The van der Waals surface area contributed by atoms with Gasteiger partial charge in [0.1, 0.15) is 0 Å². The highest BCUT2D eigenvalue weighted by molar-refractivity contribution is 4.46. The number of rotatable bonds is 10. The van der Waals surface area contributed by atoms with E-state index in [0.29, 0.717) is 0 Å². The molecular weight excluding hydrogens is 166 g/mol. The zero-order valence-corrected chi connectivity index (χ0v) is 8.97. The molecule has 0 rings (SSSR count). The minimum absolute atomic E-state index is 0.826. The number of ether oxygens (including phenoxy) is 2.